The van der Waals surface area contributed by atoms with Gasteiger partial charge < -0.3 is 5.73 Å². The molecule has 0 saturated carbocycles. The lowest BCUT2D eigenvalue weighted by Crippen LogP contribution is -1.93. The Bertz CT molecular complexity index is 376. The summed E-state index contributed by atoms with van der Waals surface area (Å²) in [6.07, 6.45) is 0.742. The minimum absolute atomic E-state index is 0.297. The summed E-state index contributed by atoms with van der Waals surface area (Å²) < 4.78 is 0. The summed E-state index contributed by atoms with van der Waals surface area (Å²) in [5.41, 5.74) is 6.45. The van der Waals surface area contributed by atoms with E-state index in [0.717, 1.165) is 6.29 Å². The Labute approximate surface area is 81.7 Å². The normalized spacial score (nSPS) is 8.77. The monoisotopic (exact) mass is 193 g/mol. The van der Waals surface area contributed by atoms with E-state index in [1.165, 1.54) is 0 Å². The predicted octanol–water partition coefficient (Wildman–Crippen LogP) is 1.46. The quantitative estimate of drug-likeness (QED) is 0.542. The van der Waals surface area contributed by atoms with Crippen LogP contribution in [0.25, 0.3) is 0 Å². The fourth-order valence-electron chi connectivity index (χ4n) is 0.852. The Morgan fingerprint density at radius 3 is 2.85 bits per heavy atom. The molecule has 0 bridgehead atoms. The SMILES string of the molecule is NCC#Cc1ccc(C=O)cc1Cl. The fourth-order valence-corrected chi connectivity index (χ4v) is 1.09. The summed E-state index contributed by atoms with van der Waals surface area (Å²) in [7, 11) is 0. The number of nitrogens with two attached hydrogens (primary N) is 1. The van der Waals surface area contributed by atoms with Crippen LogP contribution in [0.2, 0.25) is 5.02 Å². The van der Waals surface area contributed by atoms with Crippen LogP contribution in [0.3, 0.4) is 0 Å². The van der Waals surface area contributed by atoms with E-state index in [2.05, 4.69) is 11.8 Å². The minimum atomic E-state index is 0.297. The number of hydrogen-bond donors (Lipinski definition) is 1. The molecule has 13 heavy (non-hydrogen) atoms. The van der Waals surface area contributed by atoms with Crippen LogP contribution in [0.1, 0.15) is 15.9 Å². The number of hydrogen-bond acceptors (Lipinski definition) is 2. The van der Waals surface area contributed by atoms with Crippen LogP contribution in [0, 0.1) is 11.8 Å². The van der Waals surface area contributed by atoms with Gasteiger partial charge in [0, 0.05) is 11.1 Å². The first kappa shape index (κ1) is 9.79. The van der Waals surface area contributed by atoms with Crippen molar-refractivity contribution in [1.29, 1.82) is 0 Å². The maximum atomic E-state index is 10.4. The van der Waals surface area contributed by atoms with Gasteiger partial charge in [0.05, 0.1) is 11.6 Å². The molecule has 0 aliphatic rings. The molecular formula is C10H8ClNO. The molecule has 0 saturated heterocycles. The summed E-state index contributed by atoms with van der Waals surface area (Å²) in [5, 5.41) is 0.477. The Morgan fingerprint density at radius 2 is 2.31 bits per heavy atom. The van der Waals surface area contributed by atoms with Crippen molar-refractivity contribution in [1.82, 2.24) is 0 Å². The third-order valence-corrected chi connectivity index (χ3v) is 1.77. The van der Waals surface area contributed by atoms with Gasteiger partial charge in [-0.15, -0.1) is 0 Å². The average molecular weight is 194 g/mol. The van der Waals surface area contributed by atoms with E-state index >= 15 is 0 Å². The number of carbonyl (C=O) groups is 1. The van der Waals surface area contributed by atoms with Crippen LogP contribution < -0.4 is 5.73 Å². The maximum absolute atomic E-state index is 10.4. The van der Waals surface area contributed by atoms with E-state index in [-0.39, 0.29) is 0 Å². The second-order valence-electron chi connectivity index (χ2n) is 2.36. The van der Waals surface area contributed by atoms with Crippen molar-refractivity contribution >= 4 is 17.9 Å². The molecule has 0 unspecified atom stereocenters. The third-order valence-electron chi connectivity index (χ3n) is 1.45. The van der Waals surface area contributed by atoms with Crippen LogP contribution in [-0.2, 0) is 0 Å². The lowest BCUT2D eigenvalue weighted by Gasteiger charge is -1.95. The number of rotatable bonds is 1. The van der Waals surface area contributed by atoms with Crippen LogP contribution in [0.5, 0.6) is 0 Å². The zero-order chi connectivity index (χ0) is 9.68. The standard InChI is InChI=1S/C10H8ClNO/c11-10-6-8(7-13)3-4-9(10)2-1-5-12/h3-4,6-7H,5,12H2. The molecule has 0 radical (unpaired) electrons. The summed E-state index contributed by atoms with van der Waals surface area (Å²) in [4.78, 5) is 10.4. The molecule has 3 heteroatoms. The smallest absolute Gasteiger partial charge is 0.150 e. The van der Waals surface area contributed by atoms with Crippen LogP contribution in [-0.4, -0.2) is 12.8 Å². The molecule has 1 aromatic carbocycles. The molecule has 1 aromatic rings. The van der Waals surface area contributed by atoms with E-state index in [4.69, 9.17) is 17.3 Å². The molecule has 0 spiro atoms. The maximum Gasteiger partial charge on any atom is 0.150 e. The molecule has 1 rings (SSSR count). The molecule has 0 amide bonds. The second kappa shape index (κ2) is 4.66. The van der Waals surface area contributed by atoms with Crippen molar-refractivity contribution in [3.05, 3.63) is 34.3 Å². The van der Waals surface area contributed by atoms with Gasteiger partial charge in [0.15, 0.2) is 0 Å². The van der Waals surface area contributed by atoms with Gasteiger partial charge in [-0.05, 0) is 12.1 Å². The van der Waals surface area contributed by atoms with Gasteiger partial charge in [-0.2, -0.15) is 0 Å². The van der Waals surface area contributed by atoms with Crippen molar-refractivity contribution in [3.63, 3.8) is 0 Å². The minimum Gasteiger partial charge on any atom is -0.320 e. The highest BCUT2D eigenvalue weighted by Gasteiger charge is 1.97. The lowest BCUT2D eigenvalue weighted by molar-refractivity contribution is 0.112. The number of carbonyl (C=O) groups excluding carboxylic acids is 1. The van der Waals surface area contributed by atoms with Crippen molar-refractivity contribution in [2.45, 2.75) is 0 Å². The van der Waals surface area contributed by atoms with E-state index in [1.807, 2.05) is 0 Å². The largest absolute Gasteiger partial charge is 0.320 e. The molecular weight excluding hydrogens is 186 g/mol. The molecule has 2 N–H and O–H groups in total. The molecule has 0 atom stereocenters. The Kier molecular flexibility index (Phi) is 3.51. The molecule has 0 fully saturated rings. The number of aldehydes is 1. The molecule has 66 valence electrons. The molecule has 0 heterocycles. The Hall–Kier alpha value is -1.30. The van der Waals surface area contributed by atoms with Crippen LogP contribution in [0.4, 0.5) is 0 Å². The number of benzene rings is 1. The first-order chi connectivity index (χ1) is 6.27. The van der Waals surface area contributed by atoms with Gasteiger partial charge in [0.2, 0.25) is 0 Å². The zero-order valence-electron chi connectivity index (χ0n) is 6.88. The first-order valence-corrected chi connectivity index (χ1v) is 4.09. The van der Waals surface area contributed by atoms with Gasteiger partial charge >= 0.3 is 0 Å². The summed E-state index contributed by atoms with van der Waals surface area (Å²) in [6, 6.07) is 4.95. The van der Waals surface area contributed by atoms with E-state index in [0.29, 0.717) is 22.7 Å². The first-order valence-electron chi connectivity index (χ1n) is 3.71. The highest BCUT2D eigenvalue weighted by Crippen LogP contribution is 2.15. The summed E-state index contributed by atoms with van der Waals surface area (Å²) >= 11 is 5.84. The molecule has 0 aliphatic carbocycles. The van der Waals surface area contributed by atoms with E-state index in [9.17, 15) is 4.79 Å². The molecule has 2 nitrogen and oxygen atoms in total. The molecule has 0 aromatic heterocycles. The van der Waals surface area contributed by atoms with Crippen LogP contribution >= 0.6 is 11.6 Å². The topological polar surface area (TPSA) is 43.1 Å². The summed E-state index contributed by atoms with van der Waals surface area (Å²) in [5.74, 6) is 5.49. The number of halogens is 1. The van der Waals surface area contributed by atoms with E-state index < -0.39 is 0 Å². The van der Waals surface area contributed by atoms with Gasteiger partial charge in [0.25, 0.3) is 0 Å². The lowest BCUT2D eigenvalue weighted by atomic mass is 10.1. The van der Waals surface area contributed by atoms with Crippen molar-refractivity contribution in [2.24, 2.45) is 5.73 Å². The van der Waals surface area contributed by atoms with Crippen molar-refractivity contribution in [2.75, 3.05) is 6.54 Å². The van der Waals surface area contributed by atoms with Gasteiger partial charge in [-0.3, -0.25) is 4.79 Å². The fraction of sp³-hybridized carbons (Fsp3) is 0.100. The zero-order valence-corrected chi connectivity index (χ0v) is 7.64. The van der Waals surface area contributed by atoms with Crippen molar-refractivity contribution < 1.29 is 4.79 Å². The van der Waals surface area contributed by atoms with Gasteiger partial charge in [0.1, 0.15) is 6.29 Å². The predicted molar refractivity (Wildman–Crippen MR) is 52.8 cm³/mol. The highest BCUT2D eigenvalue weighted by molar-refractivity contribution is 6.32. The van der Waals surface area contributed by atoms with E-state index in [1.54, 1.807) is 18.2 Å². The van der Waals surface area contributed by atoms with Gasteiger partial charge in [-0.25, -0.2) is 0 Å². The van der Waals surface area contributed by atoms with Gasteiger partial charge in [-0.1, -0.05) is 29.5 Å². The highest BCUT2D eigenvalue weighted by atomic mass is 35.5. The average Bonchev–Trinajstić information content (AvgIpc) is 2.16. The van der Waals surface area contributed by atoms with Crippen LogP contribution in [0.15, 0.2) is 18.2 Å². The summed E-state index contributed by atoms with van der Waals surface area (Å²) in [6.45, 7) is 0.297. The van der Waals surface area contributed by atoms with Crippen molar-refractivity contribution in [3.8, 4) is 11.8 Å². The molecule has 0 aliphatic heterocycles. The Balaban J connectivity index is 3.05. The Morgan fingerprint density at radius 1 is 1.54 bits per heavy atom. The second-order valence-corrected chi connectivity index (χ2v) is 2.77. The third kappa shape index (κ3) is 2.59.